The minimum atomic E-state index is -0.614. The van der Waals surface area contributed by atoms with Gasteiger partial charge in [0.1, 0.15) is 11.6 Å². The fraction of sp³-hybridized carbons (Fsp3) is 0.267. The lowest BCUT2D eigenvalue weighted by Crippen LogP contribution is -2.13. The topological polar surface area (TPSA) is 22.0 Å². The van der Waals surface area contributed by atoms with E-state index in [2.05, 4.69) is 0 Å². The van der Waals surface area contributed by atoms with Crippen LogP contribution in [0.1, 0.15) is 34.5 Å². The number of fused-ring (bicyclic) bond motifs is 1. The van der Waals surface area contributed by atoms with Gasteiger partial charge in [-0.1, -0.05) is 0 Å². The van der Waals surface area contributed by atoms with Gasteiger partial charge in [-0.25, -0.2) is 8.78 Å². The molecule has 0 aliphatic heterocycles. The Morgan fingerprint density at radius 2 is 1.79 bits per heavy atom. The third-order valence-electron chi connectivity index (χ3n) is 3.52. The standard InChI is InChI=1S/C15H13F2NO/c1-9-8-18(12-6-10(16)5-11(17)7-12)13-3-2-4-14(19)15(9)13/h5-8H,2-4H2,1H3. The quantitative estimate of drug-likeness (QED) is 0.769. The van der Waals surface area contributed by atoms with Crippen LogP contribution in [-0.4, -0.2) is 10.4 Å². The van der Waals surface area contributed by atoms with Crippen molar-refractivity contribution < 1.29 is 13.6 Å². The summed E-state index contributed by atoms with van der Waals surface area (Å²) in [5.41, 5.74) is 2.87. The third kappa shape index (κ3) is 1.97. The van der Waals surface area contributed by atoms with Crippen LogP contribution in [0.3, 0.4) is 0 Å². The van der Waals surface area contributed by atoms with Crippen molar-refractivity contribution in [3.05, 3.63) is 52.9 Å². The van der Waals surface area contributed by atoms with Crippen LogP contribution in [0.4, 0.5) is 8.78 Å². The first kappa shape index (κ1) is 12.1. The largest absolute Gasteiger partial charge is 0.320 e. The second-order valence-electron chi connectivity index (χ2n) is 4.91. The number of Topliss-reactive ketones (excluding diaryl/α,β-unsaturated/α-hetero) is 1. The number of rotatable bonds is 1. The van der Waals surface area contributed by atoms with Gasteiger partial charge in [0.05, 0.1) is 5.69 Å². The minimum Gasteiger partial charge on any atom is -0.320 e. The second-order valence-corrected chi connectivity index (χ2v) is 4.91. The highest BCUT2D eigenvalue weighted by Crippen LogP contribution is 2.29. The number of halogens is 2. The molecular weight excluding hydrogens is 248 g/mol. The van der Waals surface area contributed by atoms with Gasteiger partial charge in [0.2, 0.25) is 0 Å². The summed E-state index contributed by atoms with van der Waals surface area (Å²) in [6.07, 6.45) is 3.87. The monoisotopic (exact) mass is 261 g/mol. The van der Waals surface area contributed by atoms with E-state index in [0.717, 1.165) is 35.7 Å². The van der Waals surface area contributed by atoms with Crippen molar-refractivity contribution in [2.24, 2.45) is 0 Å². The summed E-state index contributed by atoms with van der Waals surface area (Å²) in [6.45, 7) is 1.86. The fourth-order valence-electron chi connectivity index (χ4n) is 2.76. The molecule has 0 bridgehead atoms. The lowest BCUT2D eigenvalue weighted by Gasteiger charge is -2.15. The van der Waals surface area contributed by atoms with E-state index >= 15 is 0 Å². The zero-order valence-corrected chi connectivity index (χ0v) is 10.5. The average molecular weight is 261 g/mol. The van der Waals surface area contributed by atoms with E-state index < -0.39 is 11.6 Å². The Labute approximate surface area is 109 Å². The van der Waals surface area contributed by atoms with Crippen LogP contribution in [0.25, 0.3) is 5.69 Å². The van der Waals surface area contributed by atoms with Gasteiger partial charge in [0, 0.05) is 29.9 Å². The van der Waals surface area contributed by atoms with Crippen molar-refractivity contribution in [2.45, 2.75) is 26.2 Å². The lowest BCUT2D eigenvalue weighted by atomic mass is 9.94. The third-order valence-corrected chi connectivity index (χ3v) is 3.52. The molecule has 0 radical (unpaired) electrons. The van der Waals surface area contributed by atoms with Crippen molar-refractivity contribution in [3.8, 4) is 5.69 Å². The molecule has 2 aromatic rings. The zero-order valence-electron chi connectivity index (χ0n) is 10.5. The van der Waals surface area contributed by atoms with Crippen molar-refractivity contribution in [2.75, 3.05) is 0 Å². The van der Waals surface area contributed by atoms with E-state index in [-0.39, 0.29) is 5.78 Å². The summed E-state index contributed by atoms with van der Waals surface area (Å²) in [4.78, 5) is 11.9. The van der Waals surface area contributed by atoms with Crippen LogP contribution in [0.2, 0.25) is 0 Å². The summed E-state index contributed by atoms with van der Waals surface area (Å²) in [6, 6.07) is 3.40. The first-order valence-electron chi connectivity index (χ1n) is 6.27. The molecule has 1 aliphatic rings. The molecule has 0 atom stereocenters. The number of nitrogens with zero attached hydrogens (tertiary/aromatic N) is 1. The predicted octanol–water partition coefficient (Wildman–Crippen LogP) is 3.58. The molecule has 0 amide bonds. The number of aryl methyl sites for hydroxylation is 1. The molecule has 0 N–H and O–H groups in total. The van der Waals surface area contributed by atoms with Gasteiger partial charge in [-0.3, -0.25) is 4.79 Å². The molecule has 0 unspecified atom stereocenters. The molecule has 0 saturated heterocycles. The molecule has 0 spiro atoms. The first-order valence-corrected chi connectivity index (χ1v) is 6.27. The Bertz CT molecular complexity index is 653. The van der Waals surface area contributed by atoms with Gasteiger partial charge >= 0.3 is 0 Å². The SMILES string of the molecule is Cc1cn(-c2cc(F)cc(F)c2)c2c1C(=O)CCC2. The van der Waals surface area contributed by atoms with E-state index in [9.17, 15) is 13.6 Å². The Hall–Kier alpha value is -1.97. The Balaban J connectivity index is 2.21. The maximum Gasteiger partial charge on any atom is 0.164 e. The first-order chi connectivity index (χ1) is 9.06. The van der Waals surface area contributed by atoms with Crippen LogP contribution in [0, 0.1) is 18.6 Å². The Morgan fingerprint density at radius 1 is 1.11 bits per heavy atom. The normalized spacial score (nSPS) is 14.6. The molecule has 1 heterocycles. The summed E-state index contributed by atoms with van der Waals surface area (Å²) >= 11 is 0. The molecule has 98 valence electrons. The van der Waals surface area contributed by atoms with E-state index in [4.69, 9.17) is 0 Å². The number of benzene rings is 1. The molecule has 1 aromatic heterocycles. The highest BCUT2D eigenvalue weighted by Gasteiger charge is 2.24. The fourth-order valence-corrected chi connectivity index (χ4v) is 2.76. The number of carbonyl (C=O) groups excluding carboxylic acids is 1. The Morgan fingerprint density at radius 3 is 2.47 bits per heavy atom. The number of hydrogen-bond acceptors (Lipinski definition) is 1. The number of aromatic nitrogens is 1. The van der Waals surface area contributed by atoms with Crippen LogP contribution < -0.4 is 0 Å². The molecule has 0 saturated carbocycles. The molecule has 1 aromatic carbocycles. The number of hydrogen-bond donors (Lipinski definition) is 0. The molecule has 19 heavy (non-hydrogen) atoms. The van der Waals surface area contributed by atoms with Crippen LogP contribution >= 0.6 is 0 Å². The van der Waals surface area contributed by atoms with Crippen LogP contribution in [0.15, 0.2) is 24.4 Å². The van der Waals surface area contributed by atoms with Crippen LogP contribution in [-0.2, 0) is 6.42 Å². The van der Waals surface area contributed by atoms with Crippen molar-refractivity contribution in [3.63, 3.8) is 0 Å². The van der Waals surface area contributed by atoms with Gasteiger partial charge in [0.15, 0.2) is 5.78 Å². The molecule has 3 rings (SSSR count). The maximum atomic E-state index is 13.3. The van der Waals surface area contributed by atoms with Crippen molar-refractivity contribution in [1.29, 1.82) is 0 Å². The average Bonchev–Trinajstić information content (AvgIpc) is 2.67. The summed E-state index contributed by atoms with van der Waals surface area (Å²) in [7, 11) is 0. The molecule has 1 aliphatic carbocycles. The summed E-state index contributed by atoms with van der Waals surface area (Å²) in [5, 5.41) is 0. The number of ketones is 1. The van der Waals surface area contributed by atoms with E-state index in [1.54, 1.807) is 10.8 Å². The zero-order chi connectivity index (χ0) is 13.6. The van der Waals surface area contributed by atoms with Crippen molar-refractivity contribution >= 4 is 5.78 Å². The van der Waals surface area contributed by atoms with E-state index in [1.807, 2.05) is 6.92 Å². The van der Waals surface area contributed by atoms with Gasteiger partial charge in [-0.2, -0.15) is 0 Å². The minimum absolute atomic E-state index is 0.120. The van der Waals surface area contributed by atoms with Gasteiger partial charge < -0.3 is 4.57 Å². The predicted molar refractivity (Wildman–Crippen MR) is 67.7 cm³/mol. The number of carbonyl (C=O) groups is 1. The summed E-state index contributed by atoms with van der Waals surface area (Å²) in [5.74, 6) is -1.11. The Kier molecular flexibility index (Phi) is 2.73. The van der Waals surface area contributed by atoms with Crippen LogP contribution in [0.5, 0.6) is 0 Å². The highest BCUT2D eigenvalue weighted by molar-refractivity contribution is 5.99. The maximum absolute atomic E-state index is 13.3. The van der Waals surface area contributed by atoms with Gasteiger partial charge in [-0.15, -0.1) is 0 Å². The molecule has 0 fully saturated rings. The molecule has 4 heteroatoms. The second kappa shape index (κ2) is 4.30. The smallest absolute Gasteiger partial charge is 0.164 e. The van der Waals surface area contributed by atoms with Gasteiger partial charge in [0.25, 0.3) is 0 Å². The van der Waals surface area contributed by atoms with E-state index in [1.165, 1.54) is 12.1 Å². The lowest BCUT2D eigenvalue weighted by molar-refractivity contribution is 0.0971. The van der Waals surface area contributed by atoms with Gasteiger partial charge in [-0.05, 0) is 37.5 Å². The highest BCUT2D eigenvalue weighted by atomic mass is 19.1. The summed E-state index contributed by atoms with van der Waals surface area (Å²) < 4.78 is 28.3. The molecular formula is C15H13F2NO. The molecule has 2 nitrogen and oxygen atoms in total. The van der Waals surface area contributed by atoms with E-state index in [0.29, 0.717) is 12.1 Å². The van der Waals surface area contributed by atoms with Crippen molar-refractivity contribution in [1.82, 2.24) is 4.57 Å².